The van der Waals surface area contributed by atoms with Crippen molar-refractivity contribution in [3.8, 4) is 0 Å². The maximum Gasteiger partial charge on any atom is 0.161 e. The van der Waals surface area contributed by atoms with Gasteiger partial charge in [0.1, 0.15) is 0 Å². The molecule has 3 fully saturated rings. The fourth-order valence-corrected chi connectivity index (χ4v) is 12.5. The van der Waals surface area contributed by atoms with Crippen LogP contribution < -0.4 is 0 Å². The van der Waals surface area contributed by atoms with Gasteiger partial charge < -0.3 is 5.11 Å². The van der Waals surface area contributed by atoms with Crippen LogP contribution in [0.4, 0.5) is 0 Å². The highest BCUT2D eigenvalue weighted by atomic mass is 33.1. The molecular weight excluding hydrogens is 475 g/mol. The van der Waals surface area contributed by atoms with Gasteiger partial charge >= 0.3 is 0 Å². The van der Waals surface area contributed by atoms with Gasteiger partial charge in [0.25, 0.3) is 0 Å². The minimum absolute atomic E-state index is 0.0586. The summed E-state index contributed by atoms with van der Waals surface area (Å²) in [6.07, 6.45) is 12.7. The molecule has 0 radical (unpaired) electrons. The van der Waals surface area contributed by atoms with E-state index in [1.165, 1.54) is 53.3 Å². The van der Waals surface area contributed by atoms with Gasteiger partial charge in [-0.1, -0.05) is 55.3 Å². The van der Waals surface area contributed by atoms with Crippen molar-refractivity contribution in [1.82, 2.24) is 4.98 Å². The average molecular weight is 514 g/mol. The zero-order valence-electron chi connectivity index (χ0n) is 20.8. The van der Waals surface area contributed by atoms with Gasteiger partial charge in [-0.05, 0) is 115 Å². The molecule has 1 N–H and O–H groups in total. The third-order valence-corrected chi connectivity index (χ3v) is 14.4. The molecule has 3 saturated carbocycles. The van der Waals surface area contributed by atoms with Crippen molar-refractivity contribution in [2.75, 3.05) is 5.75 Å². The van der Waals surface area contributed by atoms with Crippen molar-refractivity contribution in [3.05, 3.63) is 35.9 Å². The van der Waals surface area contributed by atoms with E-state index in [9.17, 15) is 5.11 Å². The smallest absolute Gasteiger partial charge is 0.161 e. The third-order valence-electron chi connectivity index (χ3n) is 10.5. The highest BCUT2D eigenvalue weighted by Crippen LogP contribution is 2.67. The molecule has 1 heterocycles. The Hall–Kier alpha value is -0.490. The third kappa shape index (κ3) is 3.92. The number of rotatable bonds is 5. The summed E-state index contributed by atoms with van der Waals surface area (Å²) in [7, 11) is 3.90. The van der Waals surface area contributed by atoms with Gasteiger partial charge in [-0.2, -0.15) is 0 Å². The van der Waals surface area contributed by atoms with Crippen molar-refractivity contribution in [3.63, 3.8) is 0 Å². The first kappa shape index (κ1) is 23.9. The topological polar surface area (TPSA) is 33.1 Å². The molecule has 34 heavy (non-hydrogen) atoms. The summed E-state index contributed by atoms with van der Waals surface area (Å²) in [6, 6.07) is 8.49. The highest BCUT2D eigenvalue weighted by Gasteiger charge is 2.58. The van der Waals surface area contributed by atoms with E-state index in [1.54, 1.807) is 0 Å². The van der Waals surface area contributed by atoms with Crippen LogP contribution in [-0.4, -0.2) is 21.9 Å². The Morgan fingerprint density at radius 3 is 2.74 bits per heavy atom. The van der Waals surface area contributed by atoms with Gasteiger partial charge in [-0.3, -0.25) is 0 Å². The van der Waals surface area contributed by atoms with Crippen LogP contribution in [0.2, 0.25) is 0 Å². The van der Waals surface area contributed by atoms with E-state index in [0.29, 0.717) is 16.7 Å². The number of fused-ring (bicyclic) bond motifs is 6. The maximum absolute atomic E-state index is 10.3. The van der Waals surface area contributed by atoms with Crippen LogP contribution in [0.3, 0.4) is 0 Å². The zero-order valence-corrected chi connectivity index (χ0v) is 23.3. The molecule has 0 amide bonds. The molecule has 0 saturated heterocycles. The lowest BCUT2D eigenvalue weighted by Crippen LogP contribution is -2.50. The summed E-state index contributed by atoms with van der Waals surface area (Å²) in [5.41, 5.74) is 3.88. The second-order valence-corrected chi connectivity index (χ2v) is 15.8. The quantitative estimate of drug-likeness (QED) is 0.320. The van der Waals surface area contributed by atoms with Gasteiger partial charge in [0, 0.05) is 5.75 Å². The molecule has 5 heteroatoms. The lowest BCUT2D eigenvalue weighted by Gasteiger charge is -2.57. The number of thiazole rings is 1. The van der Waals surface area contributed by atoms with Crippen LogP contribution in [0.15, 0.2) is 40.3 Å². The molecule has 0 spiro atoms. The number of aromatic nitrogens is 1. The molecule has 1 aromatic carbocycles. The molecule has 8 atom stereocenters. The van der Waals surface area contributed by atoms with Crippen LogP contribution in [0.25, 0.3) is 10.2 Å². The van der Waals surface area contributed by atoms with E-state index in [2.05, 4.69) is 51.1 Å². The number of benzene rings is 1. The van der Waals surface area contributed by atoms with E-state index in [-0.39, 0.29) is 6.10 Å². The van der Waals surface area contributed by atoms with Crippen molar-refractivity contribution >= 4 is 43.1 Å². The largest absolute Gasteiger partial charge is 0.393 e. The van der Waals surface area contributed by atoms with Crippen molar-refractivity contribution in [1.29, 1.82) is 0 Å². The van der Waals surface area contributed by atoms with Gasteiger partial charge in [0.2, 0.25) is 0 Å². The number of aliphatic hydroxyl groups is 1. The molecule has 0 aliphatic heterocycles. The van der Waals surface area contributed by atoms with Crippen molar-refractivity contribution in [2.24, 2.45) is 40.4 Å². The lowest BCUT2D eigenvalue weighted by molar-refractivity contribution is -0.0419. The number of aliphatic hydroxyl groups excluding tert-OH is 1. The first-order chi connectivity index (χ1) is 16.4. The lowest BCUT2D eigenvalue weighted by atomic mass is 9.47. The first-order valence-corrected chi connectivity index (χ1v) is 16.5. The van der Waals surface area contributed by atoms with E-state index < -0.39 is 0 Å². The molecule has 4 aliphatic rings. The number of allylic oxidation sites excluding steroid dienone is 2. The summed E-state index contributed by atoms with van der Waals surface area (Å²) in [5.74, 6) is 5.06. The average Bonchev–Trinajstić information content (AvgIpc) is 3.39. The van der Waals surface area contributed by atoms with Gasteiger partial charge in [-0.25, -0.2) is 4.98 Å². The van der Waals surface area contributed by atoms with Crippen molar-refractivity contribution in [2.45, 2.75) is 82.6 Å². The number of para-hydroxylation sites is 1. The normalized spacial score (nSPS) is 40.4. The summed E-state index contributed by atoms with van der Waals surface area (Å²) in [6.45, 7) is 7.74. The Morgan fingerprint density at radius 1 is 1.09 bits per heavy atom. The standard InChI is InChI=1S/C29H39NOS3/c1-18(17-32-34-27-30-25-6-4-5-7-26(25)33-27)22-10-11-23-21-9-8-19-16-20(31)12-14-28(19,2)24(21)13-15-29(22,23)3/h4-7,9,18-20,22-24,31H,8,10-17H2,1-3H3/t18-,19?,20+,22?,23?,24?,28+,29-/m1/s1. The Labute approximate surface area is 217 Å². The minimum atomic E-state index is -0.0586. The molecule has 4 unspecified atom stereocenters. The predicted molar refractivity (Wildman–Crippen MR) is 148 cm³/mol. The fraction of sp³-hybridized carbons (Fsp3) is 0.690. The molecule has 2 nitrogen and oxygen atoms in total. The molecule has 2 aromatic rings. The first-order valence-electron chi connectivity index (χ1n) is 13.4. The van der Waals surface area contributed by atoms with E-state index in [4.69, 9.17) is 4.98 Å². The molecular formula is C29H39NOS3. The van der Waals surface area contributed by atoms with Gasteiger partial charge in [0.05, 0.1) is 16.3 Å². The van der Waals surface area contributed by atoms with E-state index in [0.717, 1.165) is 42.0 Å². The Kier molecular flexibility index (Phi) is 6.40. The molecule has 4 aliphatic carbocycles. The summed E-state index contributed by atoms with van der Waals surface area (Å²) >= 11 is 1.83. The Bertz CT molecular complexity index is 1050. The minimum Gasteiger partial charge on any atom is -0.393 e. The fourth-order valence-electron chi connectivity index (χ4n) is 8.66. The van der Waals surface area contributed by atoms with E-state index >= 15 is 0 Å². The number of hydrogen-bond donors (Lipinski definition) is 1. The zero-order chi connectivity index (χ0) is 23.5. The summed E-state index contributed by atoms with van der Waals surface area (Å²) < 4.78 is 2.49. The van der Waals surface area contributed by atoms with Crippen LogP contribution in [0.5, 0.6) is 0 Å². The second kappa shape index (κ2) is 9.11. The van der Waals surface area contributed by atoms with Crippen molar-refractivity contribution < 1.29 is 5.11 Å². The van der Waals surface area contributed by atoms with Crippen LogP contribution >= 0.6 is 32.9 Å². The van der Waals surface area contributed by atoms with Crippen LogP contribution in [0, 0.1) is 40.4 Å². The molecule has 1 aromatic heterocycles. The van der Waals surface area contributed by atoms with Crippen LogP contribution in [0.1, 0.15) is 72.1 Å². The molecule has 184 valence electrons. The van der Waals surface area contributed by atoms with Crippen LogP contribution in [-0.2, 0) is 0 Å². The second-order valence-electron chi connectivity index (χ2n) is 12.2. The SMILES string of the molecule is C[C@H](CSSc1nc2ccccc2s1)C1CCC2C3=CCC4C[C@@H](O)CC[C@]4(C)C3CC[C@@]21C. The highest BCUT2D eigenvalue weighted by molar-refractivity contribution is 8.77. The monoisotopic (exact) mass is 513 g/mol. The van der Waals surface area contributed by atoms with E-state index in [1.807, 2.05) is 38.5 Å². The number of hydrogen-bond acceptors (Lipinski definition) is 5. The van der Waals surface area contributed by atoms with Gasteiger partial charge in [0.15, 0.2) is 4.34 Å². The molecule has 6 rings (SSSR count). The summed E-state index contributed by atoms with van der Waals surface area (Å²) in [4.78, 5) is 4.81. The van der Waals surface area contributed by atoms with Gasteiger partial charge in [-0.15, -0.1) is 11.3 Å². The predicted octanol–water partition coefficient (Wildman–Crippen LogP) is 8.61. The maximum atomic E-state index is 10.3. The molecule has 0 bridgehead atoms. The Morgan fingerprint density at radius 2 is 1.88 bits per heavy atom. The summed E-state index contributed by atoms with van der Waals surface area (Å²) in [5, 5.41) is 10.3. The Balaban J connectivity index is 1.12. The number of nitrogens with zero attached hydrogens (tertiary/aromatic N) is 1.